The van der Waals surface area contributed by atoms with Crippen molar-refractivity contribution in [2.24, 2.45) is 0 Å². The molecule has 5 nitrogen and oxygen atoms in total. The summed E-state index contributed by atoms with van der Waals surface area (Å²) in [4.78, 5) is 30.3. The lowest BCUT2D eigenvalue weighted by molar-refractivity contribution is 0.0941. The Morgan fingerprint density at radius 3 is 2.70 bits per heavy atom. The molecular formula is C14H14ClN3O2. The zero-order valence-electron chi connectivity index (χ0n) is 11.1. The number of halogens is 1. The van der Waals surface area contributed by atoms with Crippen molar-refractivity contribution in [1.29, 1.82) is 0 Å². The minimum atomic E-state index is -0.436. The van der Waals surface area contributed by atoms with E-state index >= 15 is 0 Å². The van der Waals surface area contributed by atoms with E-state index in [2.05, 4.69) is 15.3 Å². The second-order valence-corrected chi connectivity index (χ2v) is 5.00. The Kier molecular flexibility index (Phi) is 4.20. The van der Waals surface area contributed by atoms with Crippen molar-refractivity contribution in [2.45, 2.75) is 19.9 Å². The lowest BCUT2D eigenvalue weighted by Crippen LogP contribution is -2.34. The number of pyridine rings is 2. The van der Waals surface area contributed by atoms with E-state index in [1.54, 1.807) is 24.4 Å². The molecule has 20 heavy (non-hydrogen) atoms. The molecule has 1 amide bonds. The van der Waals surface area contributed by atoms with Crippen molar-refractivity contribution in [3.05, 3.63) is 51.5 Å². The maximum Gasteiger partial charge on any atom is 0.261 e. The van der Waals surface area contributed by atoms with Crippen LogP contribution in [0.1, 0.15) is 24.2 Å². The van der Waals surface area contributed by atoms with Gasteiger partial charge >= 0.3 is 0 Å². The Morgan fingerprint density at radius 2 is 2.10 bits per heavy atom. The van der Waals surface area contributed by atoms with E-state index in [1.807, 2.05) is 13.8 Å². The van der Waals surface area contributed by atoms with Gasteiger partial charge in [-0.2, -0.15) is 0 Å². The van der Waals surface area contributed by atoms with Crippen molar-refractivity contribution >= 4 is 17.5 Å². The Bertz CT molecular complexity index is 695. The lowest BCUT2D eigenvalue weighted by Gasteiger charge is -2.08. The van der Waals surface area contributed by atoms with Gasteiger partial charge in [-0.05, 0) is 38.1 Å². The van der Waals surface area contributed by atoms with Crippen LogP contribution in [0.2, 0.25) is 5.15 Å². The van der Waals surface area contributed by atoms with E-state index in [9.17, 15) is 9.59 Å². The van der Waals surface area contributed by atoms with E-state index in [-0.39, 0.29) is 17.5 Å². The standard InChI is InChI=1S/C14H14ClN3O2/c1-8(2)17-13(19)10-3-4-11(18-14(10)20)9-5-6-16-12(15)7-9/h3-8H,1-2H3,(H,17,19)(H,18,20). The monoisotopic (exact) mass is 291 g/mol. The van der Waals surface area contributed by atoms with Gasteiger partial charge in [0.1, 0.15) is 10.7 Å². The van der Waals surface area contributed by atoms with E-state index in [4.69, 9.17) is 11.6 Å². The molecule has 0 aliphatic heterocycles. The maximum atomic E-state index is 12.0. The van der Waals surface area contributed by atoms with Gasteiger partial charge in [0.2, 0.25) is 0 Å². The summed E-state index contributed by atoms with van der Waals surface area (Å²) in [6, 6.07) is 6.51. The number of aromatic amines is 1. The highest BCUT2D eigenvalue weighted by molar-refractivity contribution is 6.29. The highest BCUT2D eigenvalue weighted by Gasteiger charge is 2.12. The van der Waals surface area contributed by atoms with Gasteiger partial charge in [-0.3, -0.25) is 9.59 Å². The van der Waals surface area contributed by atoms with Gasteiger partial charge in [0, 0.05) is 23.5 Å². The second kappa shape index (κ2) is 5.88. The fourth-order valence-corrected chi connectivity index (χ4v) is 1.90. The van der Waals surface area contributed by atoms with Crippen molar-refractivity contribution < 1.29 is 4.79 Å². The summed E-state index contributed by atoms with van der Waals surface area (Å²) in [6.45, 7) is 3.67. The highest BCUT2D eigenvalue weighted by atomic mass is 35.5. The van der Waals surface area contributed by atoms with E-state index in [0.717, 1.165) is 5.56 Å². The molecule has 6 heteroatoms. The second-order valence-electron chi connectivity index (χ2n) is 4.61. The predicted octanol–water partition coefficient (Wildman–Crippen LogP) is 2.23. The molecule has 0 aliphatic carbocycles. The molecule has 0 aliphatic rings. The van der Waals surface area contributed by atoms with Crippen molar-refractivity contribution in [3.63, 3.8) is 0 Å². The van der Waals surface area contributed by atoms with Gasteiger partial charge in [0.15, 0.2) is 0 Å². The number of amides is 1. The van der Waals surface area contributed by atoms with Crippen molar-refractivity contribution in [2.75, 3.05) is 0 Å². The molecule has 2 N–H and O–H groups in total. The summed E-state index contributed by atoms with van der Waals surface area (Å²) in [5.74, 6) is -0.388. The summed E-state index contributed by atoms with van der Waals surface area (Å²) in [5, 5.41) is 3.02. The quantitative estimate of drug-likeness (QED) is 0.852. The van der Waals surface area contributed by atoms with Crippen LogP contribution >= 0.6 is 11.6 Å². The van der Waals surface area contributed by atoms with Gasteiger partial charge in [-0.1, -0.05) is 11.6 Å². The third-order valence-corrected chi connectivity index (χ3v) is 2.82. The fraction of sp³-hybridized carbons (Fsp3) is 0.214. The average Bonchev–Trinajstić information content (AvgIpc) is 2.37. The predicted molar refractivity (Wildman–Crippen MR) is 77.9 cm³/mol. The molecule has 0 saturated heterocycles. The molecule has 0 bridgehead atoms. The molecule has 0 unspecified atom stereocenters. The Labute approximate surface area is 121 Å². The van der Waals surface area contributed by atoms with Gasteiger partial charge in [-0.15, -0.1) is 0 Å². The molecule has 0 saturated carbocycles. The number of aromatic nitrogens is 2. The fourth-order valence-electron chi connectivity index (χ4n) is 1.73. The normalized spacial score (nSPS) is 10.6. The lowest BCUT2D eigenvalue weighted by atomic mass is 10.1. The molecule has 0 aromatic carbocycles. The average molecular weight is 292 g/mol. The third kappa shape index (κ3) is 3.24. The molecule has 2 heterocycles. The SMILES string of the molecule is CC(C)NC(=O)c1ccc(-c2ccnc(Cl)c2)[nH]c1=O. The minimum Gasteiger partial charge on any atom is -0.350 e. The van der Waals surface area contributed by atoms with Crippen LogP contribution in [0.25, 0.3) is 11.3 Å². The first-order valence-corrected chi connectivity index (χ1v) is 6.51. The number of nitrogens with zero attached hydrogens (tertiary/aromatic N) is 1. The van der Waals surface area contributed by atoms with E-state index in [0.29, 0.717) is 10.8 Å². The minimum absolute atomic E-state index is 0.0272. The van der Waals surface area contributed by atoms with Crippen LogP contribution in [-0.2, 0) is 0 Å². The number of carbonyl (C=O) groups excluding carboxylic acids is 1. The first-order valence-electron chi connectivity index (χ1n) is 6.13. The van der Waals surface area contributed by atoms with Crippen LogP contribution in [0.4, 0.5) is 0 Å². The molecule has 104 valence electrons. The first kappa shape index (κ1) is 14.3. The van der Waals surface area contributed by atoms with Crippen LogP contribution in [0, 0.1) is 0 Å². The summed E-state index contributed by atoms with van der Waals surface area (Å²) >= 11 is 5.81. The summed E-state index contributed by atoms with van der Waals surface area (Å²) in [5.41, 5.74) is 0.967. The van der Waals surface area contributed by atoms with Crippen LogP contribution in [0.15, 0.2) is 35.3 Å². The molecule has 2 aromatic rings. The molecule has 0 fully saturated rings. The van der Waals surface area contributed by atoms with Crippen LogP contribution in [-0.4, -0.2) is 21.9 Å². The Morgan fingerprint density at radius 1 is 1.35 bits per heavy atom. The summed E-state index contributed by atoms with van der Waals surface area (Å²) in [6.07, 6.45) is 1.55. The maximum absolute atomic E-state index is 12.0. The molecule has 2 rings (SSSR count). The number of H-pyrrole nitrogens is 1. The third-order valence-electron chi connectivity index (χ3n) is 2.61. The van der Waals surface area contributed by atoms with Gasteiger partial charge in [-0.25, -0.2) is 4.98 Å². The molecule has 0 radical (unpaired) electrons. The van der Waals surface area contributed by atoms with E-state index in [1.165, 1.54) is 6.07 Å². The molecule has 0 atom stereocenters. The largest absolute Gasteiger partial charge is 0.350 e. The van der Waals surface area contributed by atoms with E-state index < -0.39 is 5.56 Å². The topological polar surface area (TPSA) is 74.8 Å². The van der Waals surface area contributed by atoms with Crippen molar-refractivity contribution in [1.82, 2.24) is 15.3 Å². The van der Waals surface area contributed by atoms with Crippen molar-refractivity contribution in [3.8, 4) is 11.3 Å². The smallest absolute Gasteiger partial charge is 0.261 e. The number of rotatable bonds is 3. The summed E-state index contributed by atoms with van der Waals surface area (Å²) in [7, 11) is 0. The number of nitrogens with one attached hydrogen (secondary N) is 2. The van der Waals surface area contributed by atoms with Crippen LogP contribution < -0.4 is 10.9 Å². The van der Waals surface area contributed by atoms with Crippen LogP contribution in [0.5, 0.6) is 0 Å². The van der Waals surface area contributed by atoms with Gasteiger partial charge in [0.05, 0.1) is 0 Å². The Balaban J connectivity index is 2.35. The summed E-state index contributed by atoms with van der Waals surface area (Å²) < 4.78 is 0. The zero-order chi connectivity index (χ0) is 14.7. The van der Waals surface area contributed by atoms with Crippen LogP contribution in [0.3, 0.4) is 0 Å². The first-order chi connectivity index (χ1) is 9.47. The number of carbonyl (C=O) groups is 1. The number of hydrogen-bond donors (Lipinski definition) is 2. The Hall–Kier alpha value is -2.14. The molecule has 2 aromatic heterocycles. The van der Waals surface area contributed by atoms with Gasteiger partial charge in [0.25, 0.3) is 11.5 Å². The molecular weight excluding hydrogens is 278 g/mol. The molecule has 0 spiro atoms. The van der Waals surface area contributed by atoms with Gasteiger partial charge < -0.3 is 10.3 Å². The zero-order valence-corrected chi connectivity index (χ0v) is 11.9. The highest BCUT2D eigenvalue weighted by Crippen LogP contribution is 2.18. The number of hydrogen-bond acceptors (Lipinski definition) is 3.